The smallest absolute Gasteiger partial charge is 0.352 e. The monoisotopic (exact) mass is 313 g/mol. The van der Waals surface area contributed by atoms with E-state index in [9.17, 15) is 9.59 Å². The van der Waals surface area contributed by atoms with Crippen LogP contribution in [0.25, 0.3) is 5.78 Å². The lowest BCUT2D eigenvalue weighted by Crippen LogP contribution is -2.28. The molecular formula is C14H11N5O4. The van der Waals surface area contributed by atoms with E-state index in [0.29, 0.717) is 17.2 Å². The van der Waals surface area contributed by atoms with Gasteiger partial charge in [-0.1, -0.05) is 0 Å². The SMILES string of the molecule is O=C(Cn1nc2ncccn2c1=O)Nc1ccc2c(c1)OCO2. The molecule has 1 amide bonds. The second-order valence-corrected chi connectivity index (χ2v) is 4.85. The Hall–Kier alpha value is -3.36. The van der Waals surface area contributed by atoms with E-state index in [4.69, 9.17) is 9.47 Å². The molecule has 0 bridgehead atoms. The molecule has 9 nitrogen and oxygen atoms in total. The summed E-state index contributed by atoms with van der Waals surface area (Å²) >= 11 is 0. The molecule has 4 rings (SSSR count). The first-order valence-electron chi connectivity index (χ1n) is 6.80. The van der Waals surface area contributed by atoms with Crippen molar-refractivity contribution in [2.24, 2.45) is 0 Å². The molecule has 0 saturated carbocycles. The molecule has 23 heavy (non-hydrogen) atoms. The summed E-state index contributed by atoms with van der Waals surface area (Å²) in [4.78, 5) is 28.1. The molecule has 0 saturated heterocycles. The van der Waals surface area contributed by atoms with Crippen LogP contribution in [-0.2, 0) is 11.3 Å². The molecule has 116 valence electrons. The average molecular weight is 313 g/mol. The number of aromatic nitrogens is 4. The van der Waals surface area contributed by atoms with Crippen LogP contribution in [0.2, 0.25) is 0 Å². The van der Waals surface area contributed by atoms with Gasteiger partial charge in [-0.05, 0) is 18.2 Å². The van der Waals surface area contributed by atoms with Crippen LogP contribution in [0.1, 0.15) is 0 Å². The molecule has 0 atom stereocenters. The summed E-state index contributed by atoms with van der Waals surface area (Å²) in [6, 6.07) is 6.68. The number of nitrogens with one attached hydrogen (secondary N) is 1. The van der Waals surface area contributed by atoms with Crippen molar-refractivity contribution < 1.29 is 14.3 Å². The standard InChI is InChI=1S/C14H11N5O4/c20-12(16-9-2-3-10-11(6-9)23-8-22-10)7-19-14(21)18-5-1-4-15-13(18)17-19/h1-6H,7-8H2,(H,16,20). The van der Waals surface area contributed by atoms with E-state index >= 15 is 0 Å². The van der Waals surface area contributed by atoms with Gasteiger partial charge in [0.25, 0.3) is 5.78 Å². The number of anilines is 1. The van der Waals surface area contributed by atoms with Gasteiger partial charge in [-0.2, -0.15) is 0 Å². The van der Waals surface area contributed by atoms with Gasteiger partial charge in [-0.15, -0.1) is 5.10 Å². The van der Waals surface area contributed by atoms with Crippen molar-refractivity contribution in [2.75, 3.05) is 12.1 Å². The molecule has 0 unspecified atom stereocenters. The third-order valence-electron chi connectivity index (χ3n) is 3.31. The maximum atomic E-state index is 12.1. The van der Waals surface area contributed by atoms with Crippen molar-refractivity contribution in [3.05, 3.63) is 47.1 Å². The Bertz CT molecular complexity index is 961. The lowest BCUT2D eigenvalue weighted by molar-refractivity contribution is -0.117. The van der Waals surface area contributed by atoms with Crippen LogP contribution < -0.4 is 20.5 Å². The number of benzene rings is 1. The Kier molecular flexibility index (Phi) is 2.97. The van der Waals surface area contributed by atoms with Crippen molar-refractivity contribution in [3.8, 4) is 11.5 Å². The van der Waals surface area contributed by atoms with Crippen molar-refractivity contribution >= 4 is 17.4 Å². The molecule has 3 aromatic rings. The summed E-state index contributed by atoms with van der Waals surface area (Å²) in [6.07, 6.45) is 3.07. The first-order valence-corrected chi connectivity index (χ1v) is 6.80. The van der Waals surface area contributed by atoms with Gasteiger partial charge in [0.15, 0.2) is 11.5 Å². The van der Waals surface area contributed by atoms with Crippen LogP contribution in [0.4, 0.5) is 5.69 Å². The fourth-order valence-corrected chi connectivity index (χ4v) is 2.28. The quantitative estimate of drug-likeness (QED) is 0.744. The van der Waals surface area contributed by atoms with Gasteiger partial charge in [0.2, 0.25) is 12.7 Å². The van der Waals surface area contributed by atoms with E-state index in [-0.39, 0.29) is 25.0 Å². The summed E-state index contributed by atoms with van der Waals surface area (Å²) < 4.78 is 12.8. The zero-order valence-electron chi connectivity index (χ0n) is 11.8. The number of fused-ring (bicyclic) bond motifs is 2. The highest BCUT2D eigenvalue weighted by Crippen LogP contribution is 2.34. The highest BCUT2D eigenvalue weighted by Gasteiger charge is 2.15. The predicted octanol–water partition coefficient (Wildman–Crippen LogP) is 0.258. The zero-order valence-corrected chi connectivity index (χ0v) is 11.8. The van der Waals surface area contributed by atoms with Crippen LogP contribution in [-0.4, -0.2) is 31.9 Å². The average Bonchev–Trinajstić information content (AvgIpc) is 3.12. The van der Waals surface area contributed by atoms with E-state index in [1.165, 1.54) is 10.6 Å². The van der Waals surface area contributed by atoms with Crippen LogP contribution in [0.15, 0.2) is 41.5 Å². The summed E-state index contributed by atoms with van der Waals surface area (Å²) in [7, 11) is 0. The second kappa shape index (κ2) is 5.13. The number of hydrogen-bond donors (Lipinski definition) is 1. The summed E-state index contributed by atoms with van der Waals surface area (Å²) in [5.74, 6) is 1.06. The van der Waals surface area contributed by atoms with Crippen molar-refractivity contribution in [1.82, 2.24) is 19.2 Å². The van der Waals surface area contributed by atoms with Crippen LogP contribution in [0.3, 0.4) is 0 Å². The van der Waals surface area contributed by atoms with Crippen LogP contribution in [0.5, 0.6) is 11.5 Å². The van der Waals surface area contributed by atoms with E-state index in [1.54, 1.807) is 30.5 Å². The first kappa shape index (κ1) is 13.3. The normalized spacial score (nSPS) is 12.5. The molecule has 1 aliphatic rings. The zero-order chi connectivity index (χ0) is 15.8. The van der Waals surface area contributed by atoms with E-state index < -0.39 is 5.69 Å². The molecule has 0 aliphatic carbocycles. The number of carbonyl (C=O) groups excluding carboxylic acids is 1. The number of rotatable bonds is 3. The van der Waals surface area contributed by atoms with E-state index in [1.807, 2.05) is 0 Å². The van der Waals surface area contributed by atoms with Crippen molar-refractivity contribution in [3.63, 3.8) is 0 Å². The molecule has 0 spiro atoms. The number of ether oxygens (including phenoxy) is 2. The lowest BCUT2D eigenvalue weighted by Gasteiger charge is -2.05. The number of nitrogens with zero attached hydrogens (tertiary/aromatic N) is 4. The fraction of sp³-hybridized carbons (Fsp3) is 0.143. The Morgan fingerprint density at radius 1 is 1.30 bits per heavy atom. The van der Waals surface area contributed by atoms with Gasteiger partial charge in [0.1, 0.15) is 6.54 Å². The number of hydrogen-bond acceptors (Lipinski definition) is 6. The fourth-order valence-electron chi connectivity index (χ4n) is 2.28. The van der Waals surface area contributed by atoms with E-state index in [0.717, 1.165) is 4.68 Å². The van der Waals surface area contributed by atoms with Gasteiger partial charge in [-0.3, -0.25) is 4.79 Å². The van der Waals surface area contributed by atoms with Gasteiger partial charge in [0, 0.05) is 24.1 Å². The molecule has 3 heterocycles. The molecular weight excluding hydrogens is 302 g/mol. The largest absolute Gasteiger partial charge is 0.454 e. The third-order valence-corrected chi connectivity index (χ3v) is 3.31. The van der Waals surface area contributed by atoms with Crippen molar-refractivity contribution in [1.29, 1.82) is 0 Å². The Morgan fingerprint density at radius 2 is 2.17 bits per heavy atom. The van der Waals surface area contributed by atoms with E-state index in [2.05, 4.69) is 15.4 Å². The predicted molar refractivity (Wildman–Crippen MR) is 78.4 cm³/mol. The van der Waals surface area contributed by atoms with Gasteiger partial charge >= 0.3 is 5.69 Å². The maximum Gasteiger partial charge on any atom is 0.352 e. The molecule has 1 aromatic carbocycles. The molecule has 2 aromatic heterocycles. The molecule has 0 fully saturated rings. The minimum Gasteiger partial charge on any atom is -0.454 e. The van der Waals surface area contributed by atoms with Gasteiger partial charge in [-0.25, -0.2) is 18.9 Å². The van der Waals surface area contributed by atoms with Crippen molar-refractivity contribution in [2.45, 2.75) is 6.54 Å². The third kappa shape index (κ3) is 2.37. The van der Waals surface area contributed by atoms with Crippen LogP contribution >= 0.6 is 0 Å². The Balaban J connectivity index is 1.53. The highest BCUT2D eigenvalue weighted by molar-refractivity contribution is 5.90. The molecule has 1 aliphatic heterocycles. The topological polar surface area (TPSA) is 99.8 Å². The second-order valence-electron chi connectivity index (χ2n) is 4.85. The molecule has 9 heteroatoms. The first-order chi connectivity index (χ1) is 11.2. The molecule has 1 N–H and O–H groups in total. The minimum atomic E-state index is -0.422. The summed E-state index contributed by atoms with van der Waals surface area (Å²) in [5, 5.41) is 6.69. The van der Waals surface area contributed by atoms with Crippen LogP contribution in [0, 0.1) is 0 Å². The minimum absolute atomic E-state index is 0.163. The Morgan fingerprint density at radius 3 is 3.04 bits per heavy atom. The summed E-state index contributed by atoms with van der Waals surface area (Å²) in [5.41, 5.74) is 0.128. The molecule has 0 radical (unpaired) electrons. The summed E-state index contributed by atoms with van der Waals surface area (Å²) in [6.45, 7) is -0.0486. The van der Waals surface area contributed by atoms with Gasteiger partial charge < -0.3 is 14.8 Å². The highest BCUT2D eigenvalue weighted by atomic mass is 16.7. The number of amides is 1. The van der Waals surface area contributed by atoms with Gasteiger partial charge in [0.05, 0.1) is 0 Å². The lowest BCUT2D eigenvalue weighted by atomic mass is 10.3. The maximum absolute atomic E-state index is 12.1. The number of carbonyl (C=O) groups is 1. The Labute approximate surface area is 129 Å².